The van der Waals surface area contributed by atoms with Crippen LogP contribution in [0.2, 0.25) is 0 Å². The number of piperidine rings is 1. The van der Waals surface area contributed by atoms with Gasteiger partial charge < -0.3 is 10.2 Å². The molecule has 0 spiro atoms. The number of carbonyl (C=O) groups is 1. The minimum atomic E-state index is 0.149. The summed E-state index contributed by atoms with van der Waals surface area (Å²) in [6, 6.07) is 14.5. The van der Waals surface area contributed by atoms with Gasteiger partial charge in [-0.3, -0.25) is 9.78 Å². The first-order valence-corrected chi connectivity index (χ1v) is 9.14. The number of hydrogen-bond acceptors (Lipinski definition) is 3. The Hall–Kier alpha value is -2.20. The third-order valence-electron chi connectivity index (χ3n) is 4.94. The van der Waals surface area contributed by atoms with Crippen LogP contribution < -0.4 is 5.32 Å². The van der Waals surface area contributed by atoms with Gasteiger partial charge in [-0.2, -0.15) is 0 Å². The molecule has 1 aromatic heterocycles. The first-order chi connectivity index (χ1) is 12.1. The molecular weight excluding hydrogens is 310 g/mol. The molecule has 1 aliphatic heterocycles. The Morgan fingerprint density at radius 2 is 1.92 bits per heavy atom. The number of hydrogen-bond donors (Lipinski definition) is 1. The van der Waals surface area contributed by atoms with Gasteiger partial charge in [-0.15, -0.1) is 0 Å². The molecule has 0 aliphatic carbocycles. The van der Waals surface area contributed by atoms with Crippen LogP contribution in [0.1, 0.15) is 41.4 Å². The van der Waals surface area contributed by atoms with Crippen molar-refractivity contribution in [2.75, 3.05) is 13.1 Å². The van der Waals surface area contributed by atoms with Crippen LogP contribution >= 0.6 is 0 Å². The molecule has 0 radical (unpaired) electrons. The van der Waals surface area contributed by atoms with Crippen molar-refractivity contribution in [1.82, 2.24) is 15.2 Å². The smallest absolute Gasteiger partial charge is 0.253 e. The number of aromatic nitrogens is 1. The monoisotopic (exact) mass is 337 g/mol. The van der Waals surface area contributed by atoms with Crippen molar-refractivity contribution in [3.8, 4) is 0 Å². The van der Waals surface area contributed by atoms with Crippen LogP contribution in [0.4, 0.5) is 0 Å². The summed E-state index contributed by atoms with van der Waals surface area (Å²) in [5.74, 6) is 0.149. The number of benzene rings is 1. The van der Waals surface area contributed by atoms with Crippen molar-refractivity contribution in [3.63, 3.8) is 0 Å². The summed E-state index contributed by atoms with van der Waals surface area (Å²) in [4.78, 5) is 19.0. The second-order valence-electron chi connectivity index (χ2n) is 6.97. The molecule has 4 heteroatoms. The van der Waals surface area contributed by atoms with Gasteiger partial charge in [0.2, 0.25) is 0 Å². The van der Waals surface area contributed by atoms with E-state index in [0.717, 1.165) is 37.9 Å². The molecule has 1 aromatic carbocycles. The number of carbonyl (C=O) groups excluding carboxylic acids is 1. The molecule has 2 heterocycles. The lowest BCUT2D eigenvalue weighted by molar-refractivity contribution is 0.0702. The topological polar surface area (TPSA) is 45.2 Å². The van der Waals surface area contributed by atoms with E-state index >= 15 is 0 Å². The normalized spacial score (nSPS) is 16.6. The molecule has 132 valence electrons. The molecule has 0 unspecified atom stereocenters. The van der Waals surface area contributed by atoms with Gasteiger partial charge >= 0.3 is 0 Å². The minimum Gasteiger partial charge on any atom is -0.339 e. The lowest BCUT2D eigenvalue weighted by Gasteiger charge is -2.34. The molecule has 2 aromatic rings. The van der Waals surface area contributed by atoms with Gasteiger partial charge in [-0.1, -0.05) is 24.3 Å². The highest BCUT2D eigenvalue weighted by atomic mass is 16.2. The van der Waals surface area contributed by atoms with E-state index in [1.807, 2.05) is 47.5 Å². The SMILES string of the molecule is Cc1cccnc1C[C@H](C)NC1CCN(C(=O)c2ccccc2)CC1. The second-order valence-corrected chi connectivity index (χ2v) is 6.97. The standard InChI is InChI=1S/C21H27N3O/c1-16-7-6-12-22-20(16)15-17(2)23-19-10-13-24(14-11-19)21(25)18-8-4-3-5-9-18/h3-9,12,17,19,23H,10-11,13-15H2,1-2H3/t17-/m0/s1. The number of rotatable bonds is 5. The van der Waals surface area contributed by atoms with Crippen LogP contribution in [-0.2, 0) is 6.42 Å². The van der Waals surface area contributed by atoms with Crippen molar-refractivity contribution in [1.29, 1.82) is 0 Å². The van der Waals surface area contributed by atoms with Gasteiger partial charge in [-0.05, 0) is 50.5 Å². The average molecular weight is 337 g/mol. The van der Waals surface area contributed by atoms with E-state index in [0.29, 0.717) is 12.1 Å². The first kappa shape index (κ1) is 17.6. The van der Waals surface area contributed by atoms with Crippen molar-refractivity contribution in [3.05, 3.63) is 65.5 Å². The maximum atomic E-state index is 12.5. The zero-order valence-corrected chi connectivity index (χ0v) is 15.1. The zero-order valence-electron chi connectivity index (χ0n) is 15.1. The summed E-state index contributed by atoms with van der Waals surface area (Å²) in [5.41, 5.74) is 3.20. The van der Waals surface area contributed by atoms with Gasteiger partial charge in [0.05, 0.1) is 0 Å². The van der Waals surface area contributed by atoms with E-state index in [-0.39, 0.29) is 5.91 Å². The van der Waals surface area contributed by atoms with E-state index in [1.165, 1.54) is 11.3 Å². The maximum Gasteiger partial charge on any atom is 0.253 e. The van der Waals surface area contributed by atoms with E-state index < -0.39 is 0 Å². The predicted molar refractivity (Wildman–Crippen MR) is 101 cm³/mol. The third kappa shape index (κ3) is 4.67. The van der Waals surface area contributed by atoms with Crippen molar-refractivity contribution in [2.45, 2.75) is 45.2 Å². The summed E-state index contributed by atoms with van der Waals surface area (Å²) >= 11 is 0. The number of likely N-dealkylation sites (tertiary alicyclic amines) is 1. The highest BCUT2D eigenvalue weighted by Gasteiger charge is 2.24. The first-order valence-electron chi connectivity index (χ1n) is 9.14. The summed E-state index contributed by atoms with van der Waals surface area (Å²) in [6.45, 7) is 5.97. The fourth-order valence-electron chi connectivity index (χ4n) is 3.50. The molecule has 0 bridgehead atoms. The van der Waals surface area contributed by atoms with Gasteiger partial charge in [0, 0.05) is 49.0 Å². The lowest BCUT2D eigenvalue weighted by atomic mass is 10.0. The minimum absolute atomic E-state index is 0.149. The number of nitrogens with zero attached hydrogens (tertiary/aromatic N) is 2. The highest BCUT2D eigenvalue weighted by molar-refractivity contribution is 5.94. The van der Waals surface area contributed by atoms with Gasteiger partial charge in [0.1, 0.15) is 0 Å². The highest BCUT2D eigenvalue weighted by Crippen LogP contribution is 2.15. The Kier molecular flexibility index (Phi) is 5.82. The molecular formula is C21H27N3O. The van der Waals surface area contributed by atoms with Crippen LogP contribution in [0.15, 0.2) is 48.7 Å². The molecule has 1 atom stereocenters. The predicted octanol–water partition coefficient (Wildman–Crippen LogP) is 3.22. The fourth-order valence-corrected chi connectivity index (χ4v) is 3.50. The Labute approximate surface area is 150 Å². The van der Waals surface area contributed by atoms with Crippen molar-refractivity contribution < 1.29 is 4.79 Å². The largest absolute Gasteiger partial charge is 0.339 e. The van der Waals surface area contributed by atoms with Crippen molar-refractivity contribution >= 4 is 5.91 Å². The summed E-state index contributed by atoms with van der Waals surface area (Å²) in [5, 5.41) is 3.72. The molecule has 1 amide bonds. The quantitative estimate of drug-likeness (QED) is 0.911. The Morgan fingerprint density at radius 1 is 1.20 bits per heavy atom. The second kappa shape index (κ2) is 8.26. The Morgan fingerprint density at radius 3 is 2.60 bits per heavy atom. The molecule has 1 N–H and O–H groups in total. The van der Waals surface area contributed by atoms with Gasteiger partial charge in [0.15, 0.2) is 0 Å². The molecule has 0 saturated carbocycles. The van der Waals surface area contributed by atoms with Crippen molar-refractivity contribution in [2.24, 2.45) is 0 Å². The molecule has 1 fully saturated rings. The number of amides is 1. The van der Waals surface area contributed by atoms with Crippen LogP contribution in [0.25, 0.3) is 0 Å². The van der Waals surface area contributed by atoms with Crippen LogP contribution in [0.5, 0.6) is 0 Å². The van der Waals surface area contributed by atoms with Crippen LogP contribution in [0.3, 0.4) is 0 Å². The number of aryl methyl sites for hydroxylation is 1. The molecule has 25 heavy (non-hydrogen) atoms. The number of pyridine rings is 1. The molecule has 1 saturated heterocycles. The van der Waals surface area contributed by atoms with Crippen LogP contribution in [0, 0.1) is 6.92 Å². The molecule has 1 aliphatic rings. The number of nitrogens with one attached hydrogen (secondary N) is 1. The lowest BCUT2D eigenvalue weighted by Crippen LogP contribution is -2.47. The van der Waals surface area contributed by atoms with Crippen LogP contribution in [-0.4, -0.2) is 41.0 Å². The van der Waals surface area contributed by atoms with E-state index in [9.17, 15) is 4.79 Å². The van der Waals surface area contributed by atoms with Gasteiger partial charge in [0.25, 0.3) is 5.91 Å². The summed E-state index contributed by atoms with van der Waals surface area (Å²) in [7, 11) is 0. The third-order valence-corrected chi connectivity index (χ3v) is 4.94. The average Bonchev–Trinajstić information content (AvgIpc) is 2.64. The fraction of sp³-hybridized carbons (Fsp3) is 0.429. The Bertz CT molecular complexity index is 693. The summed E-state index contributed by atoms with van der Waals surface area (Å²) in [6.07, 6.45) is 4.81. The van der Waals surface area contributed by atoms with E-state index in [4.69, 9.17) is 0 Å². The zero-order chi connectivity index (χ0) is 17.6. The van der Waals surface area contributed by atoms with Gasteiger partial charge in [-0.25, -0.2) is 0 Å². The van der Waals surface area contributed by atoms with E-state index in [2.05, 4.69) is 30.2 Å². The Balaban J connectivity index is 1.48. The molecule has 4 nitrogen and oxygen atoms in total. The maximum absolute atomic E-state index is 12.5. The van der Waals surface area contributed by atoms with E-state index in [1.54, 1.807) is 0 Å². The summed E-state index contributed by atoms with van der Waals surface area (Å²) < 4.78 is 0. The molecule has 3 rings (SSSR count).